The minimum atomic E-state index is -0.783. The van der Waals surface area contributed by atoms with E-state index in [4.69, 9.17) is 19.5 Å². The first kappa shape index (κ1) is 20.9. The van der Waals surface area contributed by atoms with E-state index in [2.05, 4.69) is 0 Å². The van der Waals surface area contributed by atoms with Crippen molar-refractivity contribution in [3.8, 4) is 17.6 Å². The molecule has 30 heavy (non-hydrogen) atoms. The van der Waals surface area contributed by atoms with Gasteiger partial charge in [0.2, 0.25) is 0 Å². The number of benzene rings is 2. The van der Waals surface area contributed by atoms with Crippen molar-refractivity contribution in [3.63, 3.8) is 0 Å². The fourth-order valence-corrected chi connectivity index (χ4v) is 2.79. The van der Waals surface area contributed by atoms with Crippen LogP contribution in [0.2, 0.25) is 0 Å². The molecule has 0 spiro atoms. The van der Waals surface area contributed by atoms with Crippen LogP contribution in [-0.2, 0) is 14.3 Å². The molecule has 7 nitrogen and oxygen atoms in total. The molecule has 1 amide bonds. The first-order chi connectivity index (χ1) is 14.6. The zero-order valence-electron chi connectivity index (χ0n) is 16.0. The molecular formula is C22H19FN2O5. The van der Waals surface area contributed by atoms with E-state index in [0.29, 0.717) is 30.4 Å². The van der Waals surface area contributed by atoms with Crippen molar-refractivity contribution in [2.24, 2.45) is 0 Å². The van der Waals surface area contributed by atoms with Gasteiger partial charge in [-0.3, -0.25) is 4.79 Å². The molecule has 0 aromatic heterocycles. The predicted molar refractivity (Wildman–Crippen MR) is 106 cm³/mol. The third kappa shape index (κ3) is 5.35. The van der Waals surface area contributed by atoms with Gasteiger partial charge in [0.15, 0.2) is 18.1 Å². The number of nitrogens with zero attached hydrogens (tertiary/aromatic N) is 2. The lowest BCUT2D eigenvalue weighted by Gasteiger charge is -2.24. The largest absolute Gasteiger partial charge is 0.486 e. The lowest BCUT2D eigenvalue weighted by Crippen LogP contribution is -2.35. The topological polar surface area (TPSA) is 88.9 Å². The average Bonchev–Trinajstić information content (AvgIpc) is 2.77. The quantitative estimate of drug-likeness (QED) is 0.515. The smallest absolute Gasteiger partial charge is 0.331 e. The molecule has 1 heterocycles. The standard InChI is InChI=1S/C22H19FN2O5/c23-18-5-2-1-4-16(18)6-9-22(27)30-15-21(26)25(11-3-10-24)17-7-8-19-20(14-17)29-13-12-28-19/h1-2,4-9,14H,3,11-13,15H2/b9-6+. The van der Waals surface area contributed by atoms with Crippen LogP contribution in [0.1, 0.15) is 12.0 Å². The molecular weight excluding hydrogens is 391 g/mol. The van der Waals surface area contributed by atoms with Crippen LogP contribution in [0.3, 0.4) is 0 Å². The summed E-state index contributed by atoms with van der Waals surface area (Å²) in [5, 5.41) is 8.90. The number of esters is 1. The van der Waals surface area contributed by atoms with E-state index in [-0.39, 0.29) is 18.5 Å². The molecule has 0 saturated heterocycles. The predicted octanol–water partition coefficient (Wildman–Crippen LogP) is 3.10. The Kier molecular flexibility index (Phi) is 7.00. The Balaban J connectivity index is 1.65. The van der Waals surface area contributed by atoms with Crippen molar-refractivity contribution >= 4 is 23.6 Å². The molecule has 0 aliphatic carbocycles. The summed E-state index contributed by atoms with van der Waals surface area (Å²) < 4.78 is 29.6. The minimum absolute atomic E-state index is 0.0985. The van der Waals surface area contributed by atoms with Crippen LogP contribution < -0.4 is 14.4 Å². The van der Waals surface area contributed by atoms with Gasteiger partial charge in [0, 0.05) is 29.9 Å². The summed E-state index contributed by atoms with van der Waals surface area (Å²) in [6, 6.07) is 12.9. The molecule has 154 valence electrons. The molecule has 8 heteroatoms. The van der Waals surface area contributed by atoms with Crippen LogP contribution in [0.25, 0.3) is 6.08 Å². The van der Waals surface area contributed by atoms with Crippen molar-refractivity contribution < 1.29 is 28.2 Å². The molecule has 3 rings (SSSR count). The first-order valence-electron chi connectivity index (χ1n) is 9.25. The van der Waals surface area contributed by atoms with E-state index in [1.54, 1.807) is 24.3 Å². The molecule has 0 bridgehead atoms. The number of amides is 1. The van der Waals surface area contributed by atoms with Crippen LogP contribution in [0, 0.1) is 17.1 Å². The van der Waals surface area contributed by atoms with Crippen molar-refractivity contribution in [1.29, 1.82) is 5.26 Å². The summed E-state index contributed by atoms with van der Waals surface area (Å²) in [5.74, 6) is -0.691. The number of carbonyl (C=O) groups is 2. The molecule has 0 atom stereocenters. The number of fused-ring (bicyclic) bond motifs is 1. The molecule has 2 aromatic carbocycles. The Labute approximate surface area is 172 Å². The SMILES string of the molecule is N#CCCN(C(=O)COC(=O)/C=C/c1ccccc1F)c1ccc2c(c1)OCCO2. The van der Waals surface area contributed by atoms with Crippen LogP contribution in [0.15, 0.2) is 48.5 Å². The Hall–Kier alpha value is -3.86. The summed E-state index contributed by atoms with van der Waals surface area (Å²) in [4.78, 5) is 25.9. The maximum absolute atomic E-state index is 13.6. The number of carbonyl (C=O) groups excluding carboxylic acids is 2. The highest BCUT2D eigenvalue weighted by atomic mass is 19.1. The Morgan fingerprint density at radius 3 is 2.70 bits per heavy atom. The lowest BCUT2D eigenvalue weighted by atomic mass is 10.2. The second-order valence-electron chi connectivity index (χ2n) is 6.24. The van der Waals surface area contributed by atoms with Crippen LogP contribution in [0.5, 0.6) is 11.5 Å². The number of nitriles is 1. The normalized spacial score (nSPS) is 12.3. The number of hydrogen-bond acceptors (Lipinski definition) is 6. The van der Waals surface area contributed by atoms with Crippen LogP contribution >= 0.6 is 0 Å². The summed E-state index contributed by atoms with van der Waals surface area (Å²) in [7, 11) is 0. The van der Waals surface area contributed by atoms with Crippen molar-refractivity contribution in [3.05, 3.63) is 59.9 Å². The van der Waals surface area contributed by atoms with E-state index in [0.717, 1.165) is 6.08 Å². The van der Waals surface area contributed by atoms with Crippen molar-refractivity contribution in [1.82, 2.24) is 0 Å². The maximum Gasteiger partial charge on any atom is 0.331 e. The summed E-state index contributed by atoms with van der Waals surface area (Å²) in [5.41, 5.74) is 0.727. The maximum atomic E-state index is 13.6. The van der Waals surface area contributed by atoms with Gasteiger partial charge in [0.05, 0.1) is 12.5 Å². The highest BCUT2D eigenvalue weighted by Crippen LogP contribution is 2.34. The Morgan fingerprint density at radius 1 is 1.17 bits per heavy atom. The second kappa shape index (κ2) is 10.1. The van der Waals surface area contributed by atoms with Crippen LogP contribution in [0.4, 0.5) is 10.1 Å². The van der Waals surface area contributed by atoms with E-state index in [9.17, 15) is 14.0 Å². The fourth-order valence-electron chi connectivity index (χ4n) is 2.79. The summed E-state index contributed by atoms with van der Waals surface area (Å²) in [6.45, 7) is 0.437. The Morgan fingerprint density at radius 2 is 1.93 bits per heavy atom. The monoisotopic (exact) mass is 410 g/mol. The third-order valence-corrected chi connectivity index (χ3v) is 4.23. The van der Waals surface area contributed by atoms with Crippen molar-refractivity contribution in [2.75, 3.05) is 31.3 Å². The van der Waals surface area contributed by atoms with Crippen molar-refractivity contribution in [2.45, 2.75) is 6.42 Å². The van der Waals surface area contributed by atoms with Gasteiger partial charge in [-0.05, 0) is 24.3 Å². The number of hydrogen-bond donors (Lipinski definition) is 0. The fraction of sp³-hybridized carbons (Fsp3) is 0.227. The third-order valence-electron chi connectivity index (χ3n) is 4.23. The molecule has 1 aliphatic rings. The molecule has 0 N–H and O–H groups in total. The van der Waals surface area contributed by atoms with Gasteiger partial charge in [-0.1, -0.05) is 18.2 Å². The van der Waals surface area contributed by atoms with E-state index >= 15 is 0 Å². The molecule has 0 unspecified atom stereocenters. The second-order valence-corrected chi connectivity index (χ2v) is 6.24. The minimum Gasteiger partial charge on any atom is -0.486 e. The molecule has 0 fully saturated rings. The molecule has 0 radical (unpaired) electrons. The summed E-state index contributed by atoms with van der Waals surface area (Å²) in [6.07, 6.45) is 2.42. The highest BCUT2D eigenvalue weighted by molar-refractivity contribution is 5.96. The zero-order chi connectivity index (χ0) is 21.3. The Bertz CT molecular complexity index is 999. The van der Waals surface area contributed by atoms with Gasteiger partial charge in [-0.25, -0.2) is 9.18 Å². The van der Waals surface area contributed by atoms with Gasteiger partial charge in [0.1, 0.15) is 19.0 Å². The highest BCUT2D eigenvalue weighted by Gasteiger charge is 2.20. The van der Waals surface area contributed by atoms with Gasteiger partial charge in [-0.15, -0.1) is 0 Å². The van der Waals surface area contributed by atoms with Gasteiger partial charge in [-0.2, -0.15) is 5.26 Å². The molecule has 0 saturated carbocycles. The lowest BCUT2D eigenvalue weighted by molar-refractivity contribution is -0.142. The number of halogens is 1. The molecule has 1 aliphatic heterocycles. The van der Waals surface area contributed by atoms with E-state index < -0.39 is 24.3 Å². The van der Waals surface area contributed by atoms with Crippen LogP contribution in [-0.4, -0.2) is 38.2 Å². The van der Waals surface area contributed by atoms with Gasteiger partial charge >= 0.3 is 5.97 Å². The number of rotatable bonds is 7. The number of anilines is 1. The number of ether oxygens (including phenoxy) is 3. The molecule has 2 aromatic rings. The summed E-state index contributed by atoms with van der Waals surface area (Å²) >= 11 is 0. The zero-order valence-corrected chi connectivity index (χ0v) is 16.0. The van der Waals surface area contributed by atoms with Gasteiger partial charge in [0.25, 0.3) is 5.91 Å². The van der Waals surface area contributed by atoms with E-state index in [1.165, 1.54) is 29.2 Å². The van der Waals surface area contributed by atoms with Gasteiger partial charge < -0.3 is 19.1 Å². The van der Waals surface area contributed by atoms with E-state index in [1.807, 2.05) is 6.07 Å². The average molecular weight is 410 g/mol. The first-order valence-corrected chi connectivity index (χ1v) is 9.25.